The number of hydrogen-bond acceptors (Lipinski definition) is 6. The molecule has 2 amide bonds. The Labute approximate surface area is 125 Å². The number of aromatic nitrogens is 1. The molecule has 0 saturated heterocycles. The standard InChI is InChI=1S/C13H16N4O5/c1-6(15-2)22-5-7-3-16-13(21)9-11(19)10(18)8(12(14)20)4-17(7)9/h4,7,19H,3,5H2,1-2H3,(H2,14,20)(H,16,21)/b15-6-/t7-/m1/s1. The average molecular weight is 308 g/mol. The van der Waals surface area contributed by atoms with E-state index in [0.717, 1.165) is 0 Å². The molecule has 9 nitrogen and oxygen atoms in total. The van der Waals surface area contributed by atoms with Crippen molar-refractivity contribution in [3.63, 3.8) is 0 Å². The summed E-state index contributed by atoms with van der Waals surface area (Å²) in [4.78, 5) is 38.9. The van der Waals surface area contributed by atoms with E-state index < -0.39 is 29.0 Å². The van der Waals surface area contributed by atoms with Crippen LogP contribution in [0.5, 0.6) is 5.75 Å². The largest absolute Gasteiger partial charge is 0.503 e. The minimum absolute atomic E-state index is 0.136. The van der Waals surface area contributed by atoms with E-state index in [1.165, 1.54) is 10.8 Å². The SMILES string of the molecule is C/N=C(/C)OC[C@H]1CNC(=O)c2c(O)c(=O)c(C(N)=O)cn21. The molecule has 1 aliphatic heterocycles. The Morgan fingerprint density at radius 1 is 1.59 bits per heavy atom. The van der Waals surface area contributed by atoms with Crippen LogP contribution >= 0.6 is 0 Å². The number of carbonyl (C=O) groups is 2. The van der Waals surface area contributed by atoms with E-state index in [0.29, 0.717) is 5.90 Å². The summed E-state index contributed by atoms with van der Waals surface area (Å²) in [6.07, 6.45) is 1.17. The van der Waals surface area contributed by atoms with Crippen LogP contribution in [0.2, 0.25) is 0 Å². The van der Waals surface area contributed by atoms with Crippen molar-refractivity contribution in [3.05, 3.63) is 27.7 Å². The summed E-state index contributed by atoms with van der Waals surface area (Å²) in [6, 6.07) is -0.422. The number of rotatable bonds is 3. The van der Waals surface area contributed by atoms with E-state index in [9.17, 15) is 19.5 Å². The summed E-state index contributed by atoms with van der Waals surface area (Å²) in [5.41, 5.74) is 3.55. The topological polar surface area (TPSA) is 136 Å². The molecule has 1 aromatic heterocycles. The molecule has 118 valence electrons. The van der Waals surface area contributed by atoms with Gasteiger partial charge in [0.25, 0.3) is 11.8 Å². The number of nitrogens with two attached hydrogens (primary N) is 1. The van der Waals surface area contributed by atoms with E-state index in [1.54, 1.807) is 14.0 Å². The van der Waals surface area contributed by atoms with Gasteiger partial charge in [-0.05, 0) is 0 Å². The lowest BCUT2D eigenvalue weighted by molar-refractivity contribution is 0.0887. The van der Waals surface area contributed by atoms with E-state index in [-0.39, 0.29) is 24.4 Å². The molecular weight excluding hydrogens is 292 g/mol. The number of pyridine rings is 1. The van der Waals surface area contributed by atoms with Crippen LogP contribution in [0.3, 0.4) is 0 Å². The smallest absolute Gasteiger partial charge is 0.272 e. The molecule has 0 fully saturated rings. The molecule has 0 bridgehead atoms. The van der Waals surface area contributed by atoms with Gasteiger partial charge in [-0.3, -0.25) is 19.4 Å². The van der Waals surface area contributed by atoms with Crippen LogP contribution in [0.25, 0.3) is 0 Å². The Balaban J connectivity index is 2.51. The molecule has 0 aromatic carbocycles. The number of aliphatic imine (C=N–C) groups is 1. The van der Waals surface area contributed by atoms with Crippen molar-refractivity contribution in [2.24, 2.45) is 10.7 Å². The van der Waals surface area contributed by atoms with Crippen molar-refractivity contribution in [1.29, 1.82) is 0 Å². The average Bonchev–Trinajstić information content (AvgIpc) is 2.48. The number of fused-ring (bicyclic) bond motifs is 1. The first kappa shape index (κ1) is 15.5. The summed E-state index contributed by atoms with van der Waals surface area (Å²) < 4.78 is 6.73. The fourth-order valence-corrected chi connectivity index (χ4v) is 2.12. The maximum absolute atomic E-state index is 11.9. The monoisotopic (exact) mass is 308 g/mol. The van der Waals surface area contributed by atoms with E-state index in [4.69, 9.17) is 10.5 Å². The van der Waals surface area contributed by atoms with Gasteiger partial charge in [0, 0.05) is 26.7 Å². The van der Waals surface area contributed by atoms with Crippen molar-refractivity contribution in [2.45, 2.75) is 13.0 Å². The molecule has 2 rings (SSSR count). The zero-order valence-electron chi connectivity index (χ0n) is 12.1. The van der Waals surface area contributed by atoms with Gasteiger partial charge in [-0.2, -0.15) is 0 Å². The minimum atomic E-state index is -0.979. The molecule has 0 saturated carbocycles. The number of ether oxygens (including phenoxy) is 1. The number of nitrogens with zero attached hydrogens (tertiary/aromatic N) is 2. The normalized spacial score (nSPS) is 17.6. The number of amides is 2. The molecule has 0 aliphatic carbocycles. The first-order valence-electron chi connectivity index (χ1n) is 6.49. The molecular formula is C13H16N4O5. The second kappa shape index (κ2) is 5.88. The van der Waals surface area contributed by atoms with Crippen LogP contribution in [0.4, 0.5) is 0 Å². The number of carbonyl (C=O) groups excluding carboxylic acids is 2. The Kier molecular flexibility index (Phi) is 4.15. The van der Waals surface area contributed by atoms with Crippen LogP contribution in [0.1, 0.15) is 33.8 Å². The molecule has 0 radical (unpaired) electrons. The third kappa shape index (κ3) is 2.65. The van der Waals surface area contributed by atoms with Crippen molar-refractivity contribution >= 4 is 17.7 Å². The predicted molar refractivity (Wildman–Crippen MR) is 77.2 cm³/mol. The first-order valence-corrected chi connectivity index (χ1v) is 6.49. The third-order valence-electron chi connectivity index (χ3n) is 3.38. The zero-order chi connectivity index (χ0) is 16.4. The van der Waals surface area contributed by atoms with Gasteiger partial charge >= 0.3 is 0 Å². The van der Waals surface area contributed by atoms with Gasteiger partial charge < -0.3 is 25.5 Å². The quantitative estimate of drug-likeness (QED) is 0.486. The van der Waals surface area contributed by atoms with Gasteiger partial charge in [0.05, 0.1) is 6.04 Å². The van der Waals surface area contributed by atoms with Crippen LogP contribution in [-0.4, -0.2) is 47.6 Å². The molecule has 0 spiro atoms. The highest BCUT2D eigenvalue weighted by atomic mass is 16.5. The van der Waals surface area contributed by atoms with Gasteiger partial charge in [0.1, 0.15) is 12.2 Å². The summed E-state index contributed by atoms with van der Waals surface area (Å²) in [5, 5.41) is 12.5. The molecule has 22 heavy (non-hydrogen) atoms. The maximum atomic E-state index is 11.9. The third-order valence-corrected chi connectivity index (χ3v) is 3.38. The van der Waals surface area contributed by atoms with Gasteiger partial charge in [0.2, 0.25) is 5.43 Å². The second-order valence-corrected chi connectivity index (χ2v) is 4.76. The minimum Gasteiger partial charge on any atom is -0.503 e. The van der Waals surface area contributed by atoms with Crippen LogP contribution in [0.15, 0.2) is 16.0 Å². The maximum Gasteiger partial charge on any atom is 0.272 e. The molecule has 1 aliphatic rings. The lowest BCUT2D eigenvalue weighted by atomic mass is 10.1. The Morgan fingerprint density at radius 3 is 2.86 bits per heavy atom. The number of nitrogens with one attached hydrogen (secondary N) is 1. The highest BCUT2D eigenvalue weighted by molar-refractivity contribution is 5.98. The van der Waals surface area contributed by atoms with E-state index in [2.05, 4.69) is 10.3 Å². The number of aromatic hydroxyl groups is 1. The Bertz CT molecular complexity index is 722. The Hall–Kier alpha value is -2.84. The molecule has 4 N–H and O–H groups in total. The van der Waals surface area contributed by atoms with Crippen molar-refractivity contribution in [1.82, 2.24) is 9.88 Å². The molecule has 0 unspecified atom stereocenters. The van der Waals surface area contributed by atoms with E-state index >= 15 is 0 Å². The predicted octanol–water partition coefficient (Wildman–Crippen LogP) is -0.998. The number of primary amides is 1. The van der Waals surface area contributed by atoms with Gasteiger partial charge in [-0.1, -0.05) is 0 Å². The summed E-state index contributed by atoms with van der Waals surface area (Å²) in [6.45, 7) is 2.01. The molecule has 1 atom stereocenters. The first-order chi connectivity index (χ1) is 10.4. The highest BCUT2D eigenvalue weighted by Gasteiger charge is 2.30. The lowest BCUT2D eigenvalue weighted by Crippen LogP contribution is -2.43. The molecule has 9 heteroatoms. The summed E-state index contributed by atoms with van der Waals surface area (Å²) >= 11 is 0. The van der Waals surface area contributed by atoms with Gasteiger partial charge in [0.15, 0.2) is 17.3 Å². The highest BCUT2D eigenvalue weighted by Crippen LogP contribution is 2.22. The zero-order valence-corrected chi connectivity index (χ0v) is 12.1. The van der Waals surface area contributed by atoms with Gasteiger partial charge in [-0.25, -0.2) is 0 Å². The summed E-state index contributed by atoms with van der Waals surface area (Å²) in [7, 11) is 1.57. The van der Waals surface area contributed by atoms with Crippen LogP contribution in [-0.2, 0) is 4.74 Å². The lowest BCUT2D eigenvalue weighted by Gasteiger charge is -2.29. The van der Waals surface area contributed by atoms with E-state index in [1.807, 2.05) is 0 Å². The van der Waals surface area contributed by atoms with Crippen molar-refractivity contribution < 1.29 is 19.4 Å². The van der Waals surface area contributed by atoms with Crippen molar-refractivity contribution in [2.75, 3.05) is 20.2 Å². The van der Waals surface area contributed by atoms with Crippen molar-refractivity contribution in [3.8, 4) is 5.75 Å². The van der Waals surface area contributed by atoms with Gasteiger partial charge in [-0.15, -0.1) is 0 Å². The fraction of sp³-hybridized carbons (Fsp3) is 0.385. The molecule has 1 aromatic rings. The molecule has 2 heterocycles. The van der Waals surface area contributed by atoms with Crippen LogP contribution in [0, 0.1) is 0 Å². The Morgan fingerprint density at radius 2 is 2.27 bits per heavy atom. The van der Waals surface area contributed by atoms with Crippen LogP contribution < -0.4 is 16.5 Å². The number of hydrogen-bond donors (Lipinski definition) is 3. The fourth-order valence-electron chi connectivity index (χ4n) is 2.12. The summed E-state index contributed by atoms with van der Waals surface area (Å²) in [5.74, 6) is -1.95. The second-order valence-electron chi connectivity index (χ2n) is 4.76.